The maximum Gasteiger partial charge on any atom is 0.340 e. The highest BCUT2D eigenvalue weighted by molar-refractivity contribution is 6.31. The third-order valence-corrected chi connectivity index (χ3v) is 3.72. The van der Waals surface area contributed by atoms with Crippen LogP contribution in [0.1, 0.15) is 37.7 Å². The maximum absolute atomic E-state index is 12.6. The number of ketones is 1. The molecule has 0 amide bonds. The fraction of sp³-hybridized carbons (Fsp3) is 0.250. The summed E-state index contributed by atoms with van der Waals surface area (Å²) < 4.78 is 4.76. The minimum absolute atomic E-state index is 0.141. The predicted octanol–water partition coefficient (Wildman–Crippen LogP) is 3.50. The highest BCUT2D eigenvalue weighted by atomic mass is 35.5. The molecule has 0 unspecified atom stereocenters. The molecule has 2 aromatic rings. The molecule has 0 saturated heterocycles. The molecule has 4 nitrogen and oxygen atoms in total. The van der Waals surface area contributed by atoms with Gasteiger partial charge < -0.3 is 9.72 Å². The minimum Gasteiger partial charge on any atom is -0.465 e. The summed E-state index contributed by atoms with van der Waals surface area (Å²) in [5.41, 5.74) is 2.69. The van der Waals surface area contributed by atoms with Crippen LogP contribution in [0, 0.1) is 13.8 Å². The van der Waals surface area contributed by atoms with Gasteiger partial charge in [-0.3, -0.25) is 4.79 Å². The number of carbonyl (C=O) groups excluding carboxylic acids is 2. The molecule has 1 heterocycles. The van der Waals surface area contributed by atoms with Crippen LogP contribution in [0.2, 0.25) is 5.02 Å². The Balaban J connectivity index is 2.40. The molecule has 0 saturated carbocycles. The van der Waals surface area contributed by atoms with Gasteiger partial charge in [-0.15, -0.1) is 0 Å². The van der Waals surface area contributed by atoms with Gasteiger partial charge in [0.15, 0.2) is 5.78 Å². The van der Waals surface area contributed by atoms with Crippen LogP contribution in [0.15, 0.2) is 24.3 Å². The molecule has 0 bridgehead atoms. The molecule has 0 spiro atoms. The number of halogens is 1. The summed E-state index contributed by atoms with van der Waals surface area (Å²) >= 11 is 6.08. The lowest BCUT2D eigenvalue weighted by molar-refractivity contribution is 0.0596. The van der Waals surface area contributed by atoms with E-state index in [4.69, 9.17) is 16.3 Å². The van der Waals surface area contributed by atoms with Gasteiger partial charge in [0.2, 0.25) is 0 Å². The minimum atomic E-state index is -0.514. The molecule has 0 aliphatic carbocycles. The van der Waals surface area contributed by atoms with Gasteiger partial charge in [0.05, 0.1) is 18.2 Å². The number of methoxy groups -OCH3 is 1. The van der Waals surface area contributed by atoms with E-state index in [1.165, 1.54) is 7.11 Å². The second-order valence-electron chi connectivity index (χ2n) is 4.81. The Hall–Kier alpha value is -2.07. The first kappa shape index (κ1) is 15.3. The van der Waals surface area contributed by atoms with Crippen LogP contribution in [0.3, 0.4) is 0 Å². The fourth-order valence-corrected chi connectivity index (χ4v) is 2.59. The Morgan fingerprint density at radius 3 is 2.38 bits per heavy atom. The quantitative estimate of drug-likeness (QED) is 0.695. The molecule has 0 atom stereocenters. The number of hydrogen-bond acceptors (Lipinski definition) is 3. The Bertz CT molecular complexity index is 704. The third kappa shape index (κ3) is 3.00. The molecular formula is C16H16ClNO3. The van der Waals surface area contributed by atoms with Gasteiger partial charge in [0.25, 0.3) is 0 Å². The van der Waals surface area contributed by atoms with Gasteiger partial charge in [-0.1, -0.05) is 29.8 Å². The molecule has 1 N–H and O–H groups in total. The zero-order valence-electron chi connectivity index (χ0n) is 12.1. The largest absolute Gasteiger partial charge is 0.465 e. The van der Waals surface area contributed by atoms with E-state index in [9.17, 15) is 9.59 Å². The van der Waals surface area contributed by atoms with Crippen molar-refractivity contribution in [1.82, 2.24) is 4.98 Å². The number of rotatable bonds is 4. The number of nitrogens with one attached hydrogen (secondary N) is 1. The smallest absolute Gasteiger partial charge is 0.340 e. The molecule has 2 rings (SSSR count). The number of benzene rings is 1. The first-order chi connectivity index (χ1) is 9.95. The summed E-state index contributed by atoms with van der Waals surface area (Å²) in [6.07, 6.45) is 0.141. The van der Waals surface area contributed by atoms with Crippen LogP contribution in [0.5, 0.6) is 0 Å². The van der Waals surface area contributed by atoms with Gasteiger partial charge in [0.1, 0.15) is 0 Å². The molecule has 21 heavy (non-hydrogen) atoms. The van der Waals surface area contributed by atoms with Gasteiger partial charge in [-0.2, -0.15) is 0 Å². The van der Waals surface area contributed by atoms with Crippen molar-refractivity contribution < 1.29 is 14.3 Å². The van der Waals surface area contributed by atoms with E-state index in [2.05, 4.69) is 4.98 Å². The molecule has 5 heteroatoms. The molecule has 1 aromatic carbocycles. The van der Waals surface area contributed by atoms with Crippen LogP contribution in [0.25, 0.3) is 0 Å². The molecular weight excluding hydrogens is 290 g/mol. The van der Waals surface area contributed by atoms with Crippen molar-refractivity contribution in [3.63, 3.8) is 0 Å². The van der Waals surface area contributed by atoms with Crippen LogP contribution in [-0.4, -0.2) is 23.8 Å². The van der Waals surface area contributed by atoms with Gasteiger partial charge in [-0.25, -0.2) is 4.79 Å². The topological polar surface area (TPSA) is 59.2 Å². The zero-order valence-corrected chi connectivity index (χ0v) is 12.9. The van der Waals surface area contributed by atoms with E-state index in [0.29, 0.717) is 27.5 Å². The van der Waals surface area contributed by atoms with Crippen molar-refractivity contribution in [3.05, 3.63) is 57.4 Å². The number of aryl methyl sites for hydroxylation is 2. The third-order valence-electron chi connectivity index (χ3n) is 3.35. The number of esters is 1. The average Bonchev–Trinajstić information content (AvgIpc) is 2.75. The SMILES string of the molecule is COC(=O)c1c(C)[nH]c(C)c1C(=O)Cc1ccccc1Cl. The van der Waals surface area contributed by atoms with E-state index in [1.54, 1.807) is 26.0 Å². The fourth-order valence-electron chi connectivity index (χ4n) is 2.39. The first-order valence-corrected chi connectivity index (χ1v) is 6.87. The van der Waals surface area contributed by atoms with Gasteiger partial charge >= 0.3 is 5.97 Å². The van der Waals surface area contributed by atoms with Crippen LogP contribution < -0.4 is 0 Å². The van der Waals surface area contributed by atoms with E-state index >= 15 is 0 Å². The Labute approximate surface area is 128 Å². The van der Waals surface area contributed by atoms with Crippen molar-refractivity contribution in [3.8, 4) is 0 Å². The van der Waals surface area contributed by atoms with Gasteiger partial charge in [0, 0.05) is 22.8 Å². The van der Waals surface area contributed by atoms with Crippen molar-refractivity contribution in [2.45, 2.75) is 20.3 Å². The molecule has 110 valence electrons. The summed E-state index contributed by atoms with van der Waals surface area (Å²) in [5, 5.41) is 0.537. The Kier molecular flexibility index (Phi) is 4.48. The van der Waals surface area contributed by atoms with Crippen molar-refractivity contribution in [1.29, 1.82) is 0 Å². The van der Waals surface area contributed by atoms with E-state index < -0.39 is 5.97 Å². The number of H-pyrrole nitrogens is 1. The molecule has 0 fully saturated rings. The summed E-state index contributed by atoms with van der Waals surface area (Å²) in [4.78, 5) is 27.4. The van der Waals surface area contributed by atoms with Crippen molar-refractivity contribution >= 4 is 23.4 Å². The number of hydrogen-bond donors (Lipinski definition) is 1. The predicted molar refractivity (Wildman–Crippen MR) is 81.1 cm³/mol. The Morgan fingerprint density at radius 2 is 1.76 bits per heavy atom. The van der Waals surface area contributed by atoms with Gasteiger partial charge in [-0.05, 0) is 25.5 Å². The van der Waals surface area contributed by atoms with E-state index in [0.717, 1.165) is 5.56 Å². The molecule has 0 radical (unpaired) electrons. The second-order valence-corrected chi connectivity index (χ2v) is 5.22. The lowest BCUT2D eigenvalue weighted by atomic mass is 9.99. The number of aromatic amines is 1. The van der Waals surface area contributed by atoms with Crippen molar-refractivity contribution in [2.75, 3.05) is 7.11 Å². The van der Waals surface area contributed by atoms with E-state index in [-0.39, 0.29) is 12.2 Å². The highest BCUT2D eigenvalue weighted by Gasteiger charge is 2.25. The zero-order chi connectivity index (χ0) is 15.6. The number of carbonyl (C=O) groups is 2. The summed E-state index contributed by atoms with van der Waals surface area (Å²) in [7, 11) is 1.30. The second kappa shape index (κ2) is 6.14. The average molecular weight is 306 g/mol. The summed E-state index contributed by atoms with van der Waals surface area (Å²) in [6.45, 7) is 3.50. The number of Topliss-reactive ketones (excluding diaryl/α,β-unsaturated/α-hetero) is 1. The first-order valence-electron chi connectivity index (χ1n) is 6.49. The van der Waals surface area contributed by atoms with Crippen LogP contribution >= 0.6 is 11.6 Å². The highest BCUT2D eigenvalue weighted by Crippen LogP contribution is 2.23. The summed E-state index contributed by atoms with van der Waals surface area (Å²) in [5.74, 6) is -0.676. The molecule has 1 aromatic heterocycles. The molecule has 0 aliphatic heterocycles. The Morgan fingerprint density at radius 1 is 1.14 bits per heavy atom. The maximum atomic E-state index is 12.6. The summed E-state index contributed by atoms with van der Waals surface area (Å²) in [6, 6.07) is 7.17. The van der Waals surface area contributed by atoms with Crippen LogP contribution in [-0.2, 0) is 11.2 Å². The standard InChI is InChI=1S/C16H16ClNO3/c1-9-14(15(10(2)18-9)16(20)21-3)13(19)8-11-6-4-5-7-12(11)17/h4-7,18H,8H2,1-3H3. The lowest BCUT2D eigenvalue weighted by Crippen LogP contribution is -2.12. The molecule has 0 aliphatic rings. The number of aromatic nitrogens is 1. The van der Waals surface area contributed by atoms with Crippen LogP contribution in [0.4, 0.5) is 0 Å². The van der Waals surface area contributed by atoms with E-state index in [1.807, 2.05) is 12.1 Å². The van der Waals surface area contributed by atoms with Crippen molar-refractivity contribution in [2.24, 2.45) is 0 Å². The normalized spacial score (nSPS) is 10.5. The lowest BCUT2D eigenvalue weighted by Gasteiger charge is -2.06. The monoisotopic (exact) mass is 305 g/mol. The number of ether oxygens (including phenoxy) is 1.